The van der Waals surface area contributed by atoms with E-state index in [4.69, 9.17) is 0 Å². The Kier molecular flexibility index (Phi) is 4.77. The first kappa shape index (κ1) is 14.3. The van der Waals surface area contributed by atoms with Crippen LogP contribution in [0.3, 0.4) is 0 Å². The third kappa shape index (κ3) is 3.45. The van der Waals surface area contributed by atoms with Crippen LogP contribution < -0.4 is 5.32 Å². The maximum atomic E-state index is 4.48. The molecule has 0 bridgehead atoms. The molecule has 1 aromatic heterocycles. The summed E-state index contributed by atoms with van der Waals surface area (Å²) >= 11 is 3.61. The summed E-state index contributed by atoms with van der Waals surface area (Å²) in [6, 6.07) is 8.75. The molecule has 1 unspecified atom stereocenters. The molecule has 1 heterocycles. The van der Waals surface area contributed by atoms with Crippen LogP contribution in [0.4, 0.5) is 0 Å². The van der Waals surface area contributed by atoms with Crippen molar-refractivity contribution in [3.8, 4) is 0 Å². The number of aryl methyl sites for hydroxylation is 1. The number of aromatic nitrogens is 2. The van der Waals surface area contributed by atoms with Crippen molar-refractivity contribution >= 4 is 15.9 Å². The van der Waals surface area contributed by atoms with Gasteiger partial charge in [-0.05, 0) is 36.7 Å². The lowest BCUT2D eigenvalue weighted by molar-refractivity contribution is 0.537. The molecule has 0 fully saturated rings. The molecule has 19 heavy (non-hydrogen) atoms. The fraction of sp³-hybridized carbons (Fsp3) is 0.400. The Morgan fingerprint density at radius 2 is 2.16 bits per heavy atom. The molecule has 4 heteroatoms. The highest BCUT2D eigenvalue weighted by atomic mass is 79.9. The van der Waals surface area contributed by atoms with E-state index in [9.17, 15) is 0 Å². The standard InChI is InChI=1S/C15H20BrN3/c1-4-17-15(10-12-8-9-19(3)18-12)13-6-5-7-14(16)11(13)2/h5-9,15,17H,4,10H2,1-3H3. The van der Waals surface area contributed by atoms with E-state index in [0.717, 1.165) is 23.1 Å². The number of likely N-dealkylation sites (N-methyl/N-ethyl adjacent to an activating group) is 1. The number of hydrogen-bond acceptors (Lipinski definition) is 2. The lowest BCUT2D eigenvalue weighted by atomic mass is 9.97. The zero-order valence-electron chi connectivity index (χ0n) is 11.7. The Labute approximate surface area is 123 Å². The van der Waals surface area contributed by atoms with Gasteiger partial charge in [-0.3, -0.25) is 4.68 Å². The largest absolute Gasteiger partial charge is 0.310 e. The molecule has 0 aliphatic rings. The van der Waals surface area contributed by atoms with Crippen LogP contribution in [-0.4, -0.2) is 16.3 Å². The van der Waals surface area contributed by atoms with Crippen LogP contribution in [-0.2, 0) is 13.5 Å². The molecule has 0 saturated heterocycles. The normalized spacial score (nSPS) is 12.6. The summed E-state index contributed by atoms with van der Waals surface area (Å²) in [7, 11) is 1.95. The van der Waals surface area contributed by atoms with Crippen molar-refractivity contribution < 1.29 is 0 Å². The highest BCUT2D eigenvalue weighted by Crippen LogP contribution is 2.26. The Bertz CT molecular complexity index is 548. The van der Waals surface area contributed by atoms with E-state index < -0.39 is 0 Å². The predicted molar refractivity (Wildman–Crippen MR) is 82.2 cm³/mol. The van der Waals surface area contributed by atoms with E-state index >= 15 is 0 Å². The molecule has 0 radical (unpaired) electrons. The van der Waals surface area contributed by atoms with E-state index in [2.05, 4.69) is 64.5 Å². The highest BCUT2D eigenvalue weighted by molar-refractivity contribution is 9.10. The smallest absolute Gasteiger partial charge is 0.0643 e. The van der Waals surface area contributed by atoms with Crippen LogP contribution in [0.5, 0.6) is 0 Å². The van der Waals surface area contributed by atoms with Crippen molar-refractivity contribution in [3.63, 3.8) is 0 Å². The second kappa shape index (κ2) is 6.35. The van der Waals surface area contributed by atoms with Gasteiger partial charge in [-0.15, -0.1) is 0 Å². The van der Waals surface area contributed by atoms with Crippen molar-refractivity contribution in [3.05, 3.63) is 51.8 Å². The van der Waals surface area contributed by atoms with Gasteiger partial charge in [-0.25, -0.2) is 0 Å². The second-order valence-electron chi connectivity index (χ2n) is 4.75. The number of nitrogens with zero attached hydrogens (tertiary/aromatic N) is 2. The van der Waals surface area contributed by atoms with Crippen molar-refractivity contribution in [1.29, 1.82) is 0 Å². The quantitative estimate of drug-likeness (QED) is 0.914. The van der Waals surface area contributed by atoms with Crippen molar-refractivity contribution in [2.45, 2.75) is 26.3 Å². The zero-order valence-corrected chi connectivity index (χ0v) is 13.2. The minimum atomic E-state index is 0.303. The summed E-state index contributed by atoms with van der Waals surface area (Å²) in [4.78, 5) is 0. The number of hydrogen-bond donors (Lipinski definition) is 1. The summed E-state index contributed by atoms with van der Waals surface area (Å²) < 4.78 is 3.01. The summed E-state index contributed by atoms with van der Waals surface area (Å²) in [5.74, 6) is 0. The van der Waals surface area contributed by atoms with Gasteiger partial charge >= 0.3 is 0 Å². The van der Waals surface area contributed by atoms with Gasteiger partial charge in [0, 0.05) is 30.2 Å². The Balaban J connectivity index is 2.26. The molecule has 0 amide bonds. The summed E-state index contributed by atoms with van der Waals surface area (Å²) in [5, 5.41) is 8.03. The van der Waals surface area contributed by atoms with Gasteiger partial charge < -0.3 is 5.32 Å². The molecule has 2 aromatic rings. The maximum Gasteiger partial charge on any atom is 0.0643 e. The molecule has 0 aliphatic heterocycles. The van der Waals surface area contributed by atoms with E-state index in [0.29, 0.717) is 6.04 Å². The molecular formula is C15H20BrN3. The lowest BCUT2D eigenvalue weighted by Gasteiger charge is -2.20. The Morgan fingerprint density at radius 1 is 1.37 bits per heavy atom. The highest BCUT2D eigenvalue weighted by Gasteiger charge is 2.15. The van der Waals surface area contributed by atoms with Gasteiger partial charge in [0.15, 0.2) is 0 Å². The van der Waals surface area contributed by atoms with Crippen LogP contribution in [0.2, 0.25) is 0 Å². The van der Waals surface area contributed by atoms with Gasteiger partial charge in [-0.1, -0.05) is 35.0 Å². The summed E-state index contributed by atoms with van der Waals surface area (Å²) in [5.41, 5.74) is 3.75. The topological polar surface area (TPSA) is 29.9 Å². The number of benzene rings is 1. The fourth-order valence-corrected chi connectivity index (χ4v) is 2.70. The molecular weight excluding hydrogens is 302 g/mol. The number of halogens is 1. The molecule has 1 aromatic carbocycles. The summed E-state index contributed by atoms with van der Waals surface area (Å²) in [6.07, 6.45) is 2.90. The molecule has 0 spiro atoms. The number of nitrogens with one attached hydrogen (secondary N) is 1. The lowest BCUT2D eigenvalue weighted by Crippen LogP contribution is -2.24. The van der Waals surface area contributed by atoms with E-state index in [-0.39, 0.29) is 0 Å². The fourth-order valence-electron chi connectivity index (χ4n) is 2.32. The van der Waals surface area contributed by atoms with Crippen LogP contribution in [0.15, 0.2) is 34.9 Å². The van der Waals surface area contributed by atoms with Gasteiger partial charge in [0.05, 0.1) is 5.69 Å². The molecule has 0 aliphatic carbocycles. The molecule has 102 valence electrons. The van der Waals surface area contributed by atoms with Crippen LogP contribution in [0.1, 0.15) is 29.8 Å². The minimum absolute atomic E-state index is 0.303. The zero-order chi connectivity index (χ0) is 13.8. The summed E-state index contributed by atoms with van der Waals surface area (Å²) in [6.45, 7) is 5.24. The maximum absolute atomic E-state index is 4.48. The van der Waals surface area contributed by atoms with Crippen LogP contribution >= 0.6 is 15.9 Å². The van der Waals surface area contributed by atoms with Gasteiger partial charge in [-0.2, -0.15) is 5.10 Å². The third-order valence-corrected chi connectivity index (χ3v) is 4.18. The van der Waals surface area contributed by atoms with Crippen molar-refractivity contribution in [1.82, 2.24) is 15.1 Å². The molecule has 0 saturated carbocycles. The minimum Gasteiger partial charge on any atom is -0.310 e. The first-order valence-electron chi connectivity index (χ1n) is 6.58. The van der Waals surface area contributed by atoms with Gasteiger partial charge in [0.2, 0.25) is 0 Å². The second-order valence-corrected chi connectivity index (χ2v) is 5.60. The average Bonchev–Trinajstić information content (AvgIpc) is 2.78. The van der Waals surface area contributed by atoms with E-state index in [1.165, 1.54) is 11.1 Å². The third-order valence-electron chi connectivity index (χ3n) is 3.32. The Hall–Kier alpha value is -1.13. The van der Waals surface area contributed by atoms with Crippen molar-refractivity contribution in [2.24, 2.45) is 7.05 Å². The van der Waals surface area contributed by atoms with E-state index in [1.54, 1.807) is 0 Å². The molecule has 1 N–H and O–H groups in total. The van der Waals surface area contributed by atoms with Crippen LogP contribution in [0, 0.1) is 6.92 Å². The SMILES string of the molecule is CCNC(Cc1ccn(C)n1)c1cccc(Br)c1C. The predicted octanol–water partition coefficient (Wildman–Crippen LogP) is 3.38. The van der Waals surface area contributed by atoms with E-state index in [1.807, 2.05) is 17.9 Å². The first-order valence-corrected chi connectivity index (χ1v) is 7.38. The van der Waals surface area contributed by atoms with Crippen molar-refractivity contribution in [2.75, 3.05) is 6.54 Å². The molecule has 1 atom stereocenters. The average molecular weight is 322 g/mol. The van der Waals surface area contributed by atoms with Gasteiger partial charge in [0.1, 0.15) is 0 Å². The molecule has 2 rings (SSSR count). The number of rotatable bonds is 5. The first-order chi connectivity index (χ1) is 9.11. The van der Waals surface area contributed by atoms with Gasteiger partial charge in [0.25, 0.3) is 0 Å². The monoisotopic (exact) mass is 321 g/mol. The molecule has 3 nitrogen and oxygen atoms in total. The van der Waals surface area contributed by atoms with Crippen LogP contribution in [0.25, 0.3) is 0 Å². The Morgan fingerprint density at radius 3 is 2.79 bits per heavy atom.